The molecule has 2 rings (SSSR count). The molecule has 2 N–H and O–H groups in total. The number of nitrogens with one attached hydrogen (secondary N) is 1. The molecule has 0 saturated heterocycles. The second-order valence-electron chi connectivity index (χ2n) is 3.87. The van der Waals surface area contributed by atoms with Crippen LogP contribution in [0.1, 0.15) is 36.7 Å². The maximum atomic E-state index is 10.8. The summed E-state index contributed by atoms with van der Waals surface area (Å²) in [7, 11) is 0. The molecule has 1 saturated carbocycles. The average Bonchev–Trinajstić information content (AvgIpc) is 2.49. The van der Waals surface area contributed by atoms with E-state index in [9.17, 15) is 4.79 Å². The molecule has 1 aliphatic rings. The van der Waals surface area contributed by atoms with Gasteiger partial charge in [-0.15, -0.1) is 11.3 Å². The van der Waals surface area contributed by atoms with Gasteiger partial charge in [-0.05, 0) is 26.2 Å². The number of carboxylic acid groups (broad SMARTS) is 1. The number of aromatic carboxylic acids is 1. The molecule has 5 heteroatoms. The van der Waals surface area contributed by atoms with E-state index in [0.717, 1.165) is 12.8 Å². The zero-order chi connectivity index (χ0) is 10.2. The van der Waals surface area contributed by atoms with E-state index in [1.165, 1.54) is 17.8 Å². The molecular formula is C9H12N2O2S. The van der Waals surface area contributed by atoms with Crippen molar-refractivity contribution in [1.82, 2.24) is 4.98 Å². The molecule has 1 heterocycles. The lowest BCUT2D eigenvalue weighted by molar-refractivity contribution is 0.0692. The van der Waals surface area contributed by atoms with Gasteiger partial charge in [0.1, 0.15) is 5.00 Å². The monoisotopic (exact) mass is 212 g/mol. The Morgan fingerprint density at radius 3 is 2.93 bits per heavy atom. The summed E-state index contributed by atoms with van der Waals surface area (Å²) in [6.07, 6.45) is 3.42. The van der Waals surface area contributed by atoms with Gasteiger partial charge in [0.2, 0.25) is 0 Å². The second kappa shape index (κ2) is 3.24. The summed E-state index contributed by atoms with van der Waals surface area (Å²) >= 11 is 1.35. The maximum Gasteiger partial charge on any atom is 0.357 e. The van der Waals surface area contributed by atoms with Gasteiger partial charge in [0.25, 0.3) is 0 Å². The molecule has 0 radical (unpaired) electrons. The quantitative estimate of drug-likeness (QED) is 0.806. The standard InChI is InChI=1S/C9H12N2O2S/c1-9(3-2-4-9)11-7-6(8(12)13)10-5-14-7/h5,11H,2-4H2,1H3,(H,12,13). The number of carboxylic acids is 1. The third-order valence-electron chi connectivity index (χ3n) is 2.64. The van der Waals surface area contributed by atoms with Crippen LogP contribution in [0.5, 0.6) is 0 Å². The number of carbonyl (C=O) groups is 1. The summed E-state index contributed by atoms with van der Waals surface area (Å²) < 4.78 is 0. The van der Waals surface area contributed by atoms with Gasteiger partial charge in [0.05, 0.1) is 5.51 Å². The van der Waals surface area contributed by atoms with Crippen molar-refractivity contribution in [3.8, 4) is 0 Å². The largest absolute Gasteiger partial charge is 0.476 e. The number of nitrogens with zero attached hydrogens (tertiary/aromatic N) is 1. The van der Waals surface area contributed by atoms with Crippen molar-refractivity contribution in [3.05, 3.63) is 11.2 Å². The Bertz CT molecular complexity index is 357. The molecule has 1 fully saturated rings. The first-order chi connectivity index (χ1) is 6.61. The van der Waals surface area contributed by atoms with Crippen LogP contribution in [-0.4, -0.2) is 21.6 Å². The predicted octanol–water partition coefficient (Wildman–Crippen LogP) is 2.20. The van der Waals surface area contributed by atoms with Gasteiger partial charge in [0.15, 0.2) is 5.69 Å². The fourth-order valence-corrected chi connectivity index (χ4v) is 2.41. The highest BCUT2D eigenvalue weighted by Gasteiger charge is 2.33. The minimum absolute atomic E-state index is 0.0801. The van der Waals surface area contributed by atoms with Crippen LogP contribution in [0.3, 0.4) is 0 Å². The number of hydrogen-bond donors (Lipinski definition) is 2. The molecule has 0 atom stereocenters. The van der Waals surface area contributed by atoms with Gasteiger partial charge in [-0.3, -0.25) is 0 Å². The number of hydrogen-bond acceptors (Lipinski definition) is 4. The third-order valence-corrected chi connectivity index (χ3v) is 3.38. The Hall–Kier alpha value is -1.10. The van der Waals surface area contributed by atoms with Crippen molar-refractivity contribution in [2.24, 2.45) is 0 Å². The first kappa shape index (κ1) is 9.45. The fourth-order valence-electron chi connectivity index (χ4n) is 1.59. The van der Waals surface area contributed by atoms with Crippen LogP contribution < -0.4 is 5.32 Å². The van der Waals surface area contributed by atoms with Crippen LogP contribution in [0.2, 0.25) is 0 Å². The van der Waals surface area contributed by atoms with Crippen molar-refractivity contribution in [2.75, 3.05) is 5.32 Å². The van der Waals surface area contributed by atoms with Gasteiger partial charge in [0, 0.05) is 5.54 Å². The fraction of sp³-hybridized carbons (Fsp3) is 0.556. The lowest BCUT2D eigenvalue weighted by atomic mass is 9.79. The van der Waals surface area contributed by atoms with Gasteiger partial charge in [-0.2, -0.15) is 0 Å². The molecule has 76 valence electrons. The molecule has 0 aliphatic heterocycles. The summed E-state index contributed by atoms with van der Waals surface area (Å²) in [6, 6.07) is 0. The van der Waals surface area contributed by atoms with E-state index in [0.29, 0.717) is 5.00 Å². The highest BCUT2D eigenvalue weighted by molar-refractivity contribution is 7.14. The van der Waals surface area contributed by atoms with Crippen molar-refractivity contribution in [3.63, 3.8) is 0 Å². The molecule has 1 aliphatic carbocycles. The maximum absolute atomic E-state index is 10.8. The summed E-state index contributed by atoms with van der Waals surface area (Å²) in [5, 5.41) is 12.8. The second-order valence-corrected chi connectivity index (χ2v) is 4.73. The number of anilines is 1. The Morgan fingerprint density at radius 2 is 2.43 bits per heavy atom. The minimum atomic E-state index is -0.961. The van der Waals surface area contributed by atoms with Crippen LogP contribution in [0.4, 0.5) is 5.00 Å². The average molecular weight is 212 g/mol. The Labute approximate surface area is 86.0 Å². The number of rotatable bonds is 3. The molecule has 0 amide bonds. The summed E-state index contributed by atoms with van der Waals surface area (Å²) in [6.45, 7) is 2.11. The van der Waals surface area contributed by atoms with E-state index in [-0.39, 0.29) is 11.2 Å². The van der Waals surface area contributed by atoms with Crippen molar-refractivity contribution < 1.29 is 9.90 Å². The summed E-state index contributed by atoms with van der Waals surface area (Å²) in [4.78, 5) is 14.6. The third kappa shape index (κ3) is 1.59. The molecule has 0 spiro atoms. The summed E-state index contributed by atoms with van der Waals surface area (Å²) in [5.41, 5.74) is 1.79. The Kier molecular flexibility index (Phi) is 2.19. The van der Waals surface area contributed by atoms with Crippen LogP contribution in [0.25, 0.3) is 0 Å². The van der Waals surface area contributed by atoms with Crippen LogP contribution >= 0.6 is 11.3 Å². The first-order valence-electron chi connectivity index (χ1n) is 4.56. The van der Waals surface area contributed by atoms with Crippen molar-refractivity contribution in [1.29, 1.82) is 0 Å². The SMILES string of the molecule is CC1(Nc2scnc2C(=O)O)CCC1. The highest BCUT2D eigenvalue weighted by Crippen LogP contribution is 2.36. The van der Waals surface area contributed by atoms with E-state index >= 15 is 0 Å². The van der Waals surface area contributed by atoms with Crippen LogP contribution in [0, 0.1) is 0 Å². The molecule has 0 bridgehead atoms. The van der Waals surface area contributed by atoms with Crippen LogP contribution in [0.15, 0.2) is 5.51 Å². The molecular weight excluding hydrogens is 200 g/mol. The van der Waals surface area contributed by atoms with E-state index in [2.05, 4.69) is 17.2 Å². The predicted molar refractivity (Wildman–Crippen MR) is 55.0 cm³/mol. The lowest BCUT2D eigenvalue weighted by Gasteiger charge is -2.39. The van der Waals surface area contributed by atoms with Gasteiger partial charge in [-0.25, -0.2) is 9.78 Å². The van der Waals surface area contributed by atoms with E-state index in [4.69, 9.17) is 5.11 Å². The van der Waals surface area contributed by atoms with Crippen LogP contribution in [-0.2, 0) is 0 Å². The molecule has 14 heavy (non-hydrogen) atoms. The first-order valence-corrected chi connectivity index (χ1v) is 5.44. The van der Waals surface area contributed by atoms with Crippen molar-refractivity contribution >= 4 is 22.3 Å². The minimum Gasteiger partial charge on any atom is -0.476 e. The number of aromatic nitrogens is 1. The van der Waals surface area contributed by atoms with Gasteiger partial charge >= 0.3 is 5.97 Å². The Balaban J connectivity index is 2.16. The van der Waals surface area contributed by atoms with E-state index in [1.54, 1.807) is 5.51 Å². The number of thiazole rings is 1. The Morgan fingerprint density at radius 1 is 1.71 bits per heavy atom. The zero-order valence-corrected chi connectivity index (χ0v) is 8.73. The zero-order valence-electron chi connectivity index (χ0n) is 7.91. The van der Waals surface area contributed by atoms with E-state index < -0.39 is 5.97 Å². The normalized spacial score (nSPS) is 18.6. The van der Waals surface area contributed by atoms with Gasteiger partial charge < -0.3 is 10.4 Å². The topological polar surface area (TPSA) is 62.2 Å². The van der Waals surface area contributed by atoms with Crippen molar-refractivity contribution in [2.45, 2.75) is 31.7 Å². The van der Waals surface area contributed by atoms with E-state index in [1.807, 2.05) is 0 Å². The summed E-state index contributed by atoms with van der Waals surface area (Å²) in [5.74, 6) is -0.961. The van der Waals surface area contributed by atoms with Gasteiger partial charge in [-0.1, -0.05) is 0 Å². The molecule has 1 aromatic heterocycles. The molecule has 4 nitrogen and oxygen atoms in total. The molecule has 0 unspecified atom stereocenters. The smallest absolute Gasteiger partial charge is 0.357 e. The molecule has 0 aromatic carbocycles. The lowest BCUT2D eigenvalue weighted by Crippen LogP contribution is -2.41. The molecule has 1 aromatic rings. The highest BCUT2D eigenvalue weighted by atomic mass is 32.1.